The highest BCUT2D eigenvalue weighted by Crippen LogP contribution is 2.30. The van der Waals surface area contributed by atoms with Gasteiger partial charge in [0.15, 0.2) is 0 Å². The van der Waals surface area contributed by atoms with Crippen LogP contribution < -0.4 is 20.7 Å². The molecule has 4 aromatic rings. The standard InChI is InChI=1S/C33H39N7O3/c1-23-19-26(9-12-30(23)43-27-10-7-24(8-11-27)33(41)39-25-5-3-2-4-6-25)38-32-28-20-31(35-21-29(28)36-22-37-32)34-13-14-40-15-17-42-18-16-40/h7-12,19-22,25H,2-6,13-18H2,1H3,(H,34,35)(H,39,41)(H,36,37,38). The van der Waals surface area contributed by atoms with Crippen molar-refractivity contribution < 1.29 is 14.3 Å². The third-order valence-electron chi connectivity index (χ3n) is 8.08. The first-order valence-corrected chi connectivity index (χ1v) is 15.2. The van der Waals surface area contributed by atoms with Gasteiger partial charge in [-0.3, -0.25) is 9.69 Å². The van der Waals surface area contributed by atoms with Gasteiger partial charge in [-0.1, -0.05) is 19.3 Å². The van der Waals surface area contributed by atoms with Crippen LogP contribution in [0.3, 0.4) is 0 Å². The van der Waals surface area contributed by atoms with E-state index in [1.54, 1.807) is 12.5 Å². The maximum absolute atomic E-state index is 12.7. The Morgan fingerprint density at radius 1 is 1.00 bits per heavy atom. The second-order valence-electron chi connectivity index (χ2n) is 11.2. The predicted molar refractivity (Wildman–Crippen MR) is 168 cm³/mol. The van der Waals surface area contributed by atoms with E-state index < -0.39 is 0 Å². The van der Waals surface area contributed by atoms with Crippen molar-refractivity contribution in [3.8, 4) is 11.5 Å². The zero-order valence-electron chi connectivity index (χ0n) is 24.6. The van der Waals surface area contributed by atoms with Gasteiger partial charge >= 0.3 is 0 Å². The number of anilines is 3. The van der Waals surface area contributed by atoms with Crippen molar-refractivity contribution in [2.45, 2.75) is 45.1 Å². The summed E-state index contributed by atoms with van der Waals surface area (Å²) >= 11 is 0. The van der Waals surface area contributed by atoms with Crippen LogP contribution >= 0.6 is 0 Å². The number of morpholine rings is 1. The quantitative estimate of drug-likeness (QED) is 0.218. The summed E-state index contributed by atoms with van der Waals surface area (Å²) in [5.74, 6) is 2.90. The number of carbonyl (C=O) groups excluding carboxylic acids is 1. The van der Waals surface area contributed by atoms with Gasteiger partial charge < -0.3 is 25.4 Å². The van der Waals surface area contributed by atoms with Gasteiger partial charge in [0.1, 0.15) is 29.5 Å². The topological polar surface area (TPSA) is 114 Å². The lowest BCUT2D eigenvalue weighted by Gasteiger charge is -2.26. The molecule has 1 saturated carbocycles. The van der Waals surface area contributed by atoms with Crippen LogP contribution in [0.15, 0.2) is 61.1 Å². The molecule has 2 aliphatic rings. The first-order valence-electron chi connectivity index (χ1n) is 15.2. The number of fused-ring (bicyclic) bond motifs is 1. The van der Waals surface area contributed by atoms with Crippen LogP contribution in [0.4, 0.5) is 17.3 Å². The summed E-state index contributed by atoms with van der Waals surface area (Å²) in [6.07, 6.45) is 9.08. The van der Waals surface area contributed by atoms with Gasteiger partial charge in [0, 0.05) is 48.9 Å². The van der Waals surface area contributed by atoms with E-state index in [-0.39, 0.29) is 11.9 Å². The van der Waals surface area contributed by atoms with Gasteiger partial charge in [-0.2, -0.15) is 0 Å². The van der Waals surface area contributed by atoms with E-state index in [0.717, 1.165) is 86.0 Å². The van der Waals surface area contributed by atoms with Crippen LogP contribution in [-0.4, -0.2) is 71.2 Å². The molecule has 224 valence electrons. The van der Waals surface area contributed by atoms with Gasteiger partial charge in [-0.15, -0.1) is 0 Å². The Hall–Kier alpha value is -4.28. The summed E-state index contributed by atoms with van der Waals surface area (Å²) < 4.78 is 11.6. The Bertz CT molecular complexity index is 1530. The average Bonchev–Trinajstić information content (AvgIpc) is 3.04. The van der Waals surface area contributed by atoms with E-state index in [1.807, 2.05) is 55.5 Å². The molecule has 43 heavy (non-hydrogen) atoms. The Balaban J connectivity index is 1.08. The van der Waals surface area contributed by atoms with Crippen molar-refractivity contribution in [3.05, 3.63) is 72.2 Å². The Labute approximate surface area is 252 Å². The Morgan fingerprint density at radius 2 is 1.81 bits per heavy atom. The zero-order chi connectivity index (χ0) is 29.4. The number of aryl methyl sites for hydroxylation is 1. The number of rotatable bonds is 10. The van der Waals surface area contributed by atoms with Gasteiger partial charge in [0.25, 0.3) is 5.91 Å². The molecule has 2 aromatic carbocycles. The van der Waals surface area contributed by atoms with Crippen molar-refractivity contribution in [3.63, 3.8) is 0 Å². The molecule has 1 aliphatic carbocycles. The van der Waals surface area contributed by atoms with E-state index >= 15 is 0 Å². The molecule has 1 amide bonds. The molecule has 3 heterocycles. The number of hydrogen-bond acceptors (Lipinski definition) is 9. The van der Waals surface area contributed by atoms with Gasteiger partial charge in [-0.25, -0.2) is 15.0 Å². The molecule has 2 aromatic heterocycles. The number of nitrogens with one attached hydrogen (secondary N) is 3. The molecule has 6 rings (SSSR count). The minimum absolute atomic E-state index is 0.0195. The molecular formula is C33H39N7O3. The van der Waals surface area contributed by atoms with Crippen LogP contribution in [0.2, 0.25) is 0 Å². The molecule has 0 radical (unpaired) electrons. The second kappa shape index (κ2) is 13.8. The predicted octanol–water partition coefficient (Wildman–Crippen LogP) is 5.68. The van der Waals surface area contributed by atoms with Crippen LogP contribution in [0.1, 0.15) is 48.0 Å². The van der Waals surface area contributed by atoms with E-state index in [9.17, 15) is 4.79 Å². The fourth-order valence-corrected chi connectivity index (χ4v) is 5.62. The lowest BCUT2D eigenvalue weighted by Crippen LogP contribution is -2.39. The number of ether oxygens (including phenoxy) is 2. The van der Waals surface area contributed by atoms with Crippen LogP contribution in [0.5, 0.6) is 11.5 Å². The first kappa shape index (κ1) is 28.8. The highest BCUT2D eigenvalue weighted by molar-refractivity contribution is 5.94. The van der Waals surface area contributed by atoms with Crippen molar-refractivity contribution in [1.82, 2.24) is 25.2 Å². The maximum Gasteiger partial charge on any atom is 0.251 e. The van der Waals surface area contributed by atoms with Crippen LogP contribution in [0, 0.1) is 6.92 Å². The summed E-state index contributed by atoms with van der Waals surface area (Å²) in [4.78, 5) is 28.5. The van der Waals surface area contributed by atoms with Gasteiger partial charge in [-0.05, 0) is 73.9 Å². The highest BCUT2D eigenvalue weighted by Gasteiger charge is 2.17. The van der Waals surface area contributed by atoms with E-state index in [2.05, 4.69) is 35.8 Å². The first-order chi connectivity index (χ1) is 21.1. The summed E-state index contributed by atoms with van der Waals surface area (Å²) in [6.45, 7) is 7.25. The molecule has 2 fully saturated rings. The second-order valence-corrected chi connectivity index (χ2v) is 11.2. The van der Waals surface area contributed by atoms with E-state index in [4.69, 9.17) is 9.47 Å². The lowest BCUT2D eigenvalue weighted by molar-refractivity contribution is 0.0398. The summed E-state index contributed by atoms with van der Waals surface area (Å²) in [7, 11) is 0. The number of carbonyl (C=O) groups is 1. The van der Waals surface area contributed by atoms with Crippen molar-refractivity contribution in [1.29, 1.82) is 0 Å². The highest BCUT2D eigenvalue weighted by atomic mass is 16.5. The summed E-state index contributed by atoms with van der Waals surface area (Å²) in [6, 6.07) is 15.5. The van der Waals surface area contributed by atoms with Crippen molar-refractivity contribution in [2.24, 2.45) is 0 Å². The molecular weight excluding hydrogens is 542 g/mol. The number of hydrogen-bond donors (Lipinski definition) is 3. The number of amides is 1. The third-order valence-corrected chi connectivity index (χ3v) is 8.08. The molecule has 0 unspecified atom stereocenters. The monoisotopic (exact) mass is 581 g/mol. The number of nitrogens with zero attached hydrogens (tertiary/aromatic N) is 4. The Morgan fingerprint density at radius 3 is 2.60 bits per heavy atom. The largest absolute Gasteiger partial charge is 0.457 e. The van der Waals surface area contributed by atoms with Gasteiger partial charge in [0.2, 0.25) is 0 Å². The fourth-order valence-electron chi connectivity index (χ4n) is 5.62. The number of pyridine rings is 1. The zero-order valence-corrected chi connectivity index (χ0v) is 24.6. The summed E-state index contributed by atoms with van der Waals surface area (Å²) in [5.41, 5.74) is 3.27. The van der Waals surface area contributed by atoms with E-state index in [0.29, 0.717) is 17.1 Å². The smallest absolute Gasteiger partial charge is 0.251 e. The number of benzene rings is 2. The molecule has 3 N–H and O–H groups in total. The maximum atomic E-state index is 12.7. The minimum atomic E-state index is -0.0195. The van der Waals surface area contributed by atoms with E-state index in [1.165, 1.54) is 19.3 Å². The normalized spacial score (nSPS) is 16.1. The molecule has 0 bridgehead atoms. The molecule has 1 aliphatic heterocycles. The molecule has 0 atom stereocenters. The summed E-state index contributed by atoms with van der Waals surface area (Å²) in [5, 5.41) is 10.9. The van der Waals surface area contributed by atoms with Crippen molar-refractivity contribution in [2.75, 3.05) is 50.0 Å². The SMILES string of the molecule is Cc1cc(Nc2ncnc3cnc(NCCN4CCOCC4)cc23)ccc1Oc1ccc(C(=O)NC2CCCCC2)cc1. The molecule has 1 saturated heterocycles. The molecule has 10 heteroatoms. The third kappa shape index (κ3) is 7.57. The Kier molecular flexibility index (Phi) is 9.25. The fraction of sp³-hybridized carbons (Fsp3) is 0.394. The van der Waals surface area contributed by atoms with Gasteiger partial charge in [0.05, 0.1) is 24.9 Å². The van der Waals surface area contributed by atoms with Crippen LogP contribution in [-0.2, 0) is 4.74 Å². The van der Waals surface area contributed by atoms with Crippen LogP contribution in [0.25, 0.3) is 10.9 Å². The average molecular weight is 582 g/mol. The number of aromatic nitrogens is 3. The lowest BCUT2D eigenvalue weighted by atomic mass is 9.95. The van der Waals surface area contributed by atoms with Crippen molar-refractivity contribution >= 4 is 34.1 Å². The molecule has 0 spiro atoms. The molecule has 10 nitrogen and oxygen atoms in total. The minimum Gasteiger partial charge on any atom is -0.457 e.